The Kier molecular flexibility index (Phi) is 8.14. The highest BCUT2D eigenvalue weighted by Gasteiger charge is 2.00. The molecule has 0 aliphatic carbocycles. The van der Waals surface area contributed by atoms with Crippen LogP contribution in [-0.2, 0) is 4.74 Å². The molecule has 2 N–H and O–H groups in total. The van der Waals surface area contributed by atoms with E-state index in [1.807, 2.05) is 0 Å². The normalized spacial score (nSPS) is 11.9. The molecule has 0 aromatic heterocycles. The summed E-state index contributed by atoms with van der Waals surface area (Å²) in [6, 6.07) is 0. The maximum atomic E-state index is 9.20. The average molecular weight is 171 g/mol. The first-order valence-corrected chi connectivity index (χ1v) is 4.08. The second-order valence-corrected chi connectivity index (χ2v) is 2.50. The molecule has 0 saturated heterocycles. The molecule has 0 fully saturated rings. The lowest BCUT2D eigenvalue weighted by molar-refractivity contribution is 0.0596. The first-order valence-electron chi connectivity index (χ1n) is 4.08. The van der Waals surface area contributed by atoms with Crippen molar-refractivity contribution in [3.8, 4) is 11.8 Å². The SMILES string of the molecule is CC#CCNCCC(O)COC. The molecule has 0 aromatic rings. The number of aliphatic hydroxyl groups is 1. The third kappa shape index (κ3) is 7.55. The van der Waals surface area contributed by atoms with Crippen molar-refractivity contribution in [1.29, 1.82) is 0 Å². The Bertz CT molecular complexity index is 148. The topological polar surface area (TPSA) is 41.5 Å². The molecule has 1 atom stereocenters. The van der Waals surface area contributed by atoms with Crippen LogP contribution in [0, 0.1) is 11.8 Å². The van der Waals surface area contributed by atoms with Crippen molar-refractivity contribution in [2.45, 2.75) is 19.4 Å². The standard InChI is InChI=1S/C9H17NO2/c1-3-4-6-10-7-5-9(11)8-12-2/h9-11H,5-8H2,1-2H3. The van der Waals surface area contributed by atoms with Crippen LogP contribution in [0.25, 0.3) is 0 Å². The quantitative estimate of drug-likeness (QED) is 0.436. The first-order chi connectivity index (χ1) is 5.81. The summed E-state index contributed by atoms with van der Waals surface area (Å²) in [4.78, 5) is 0. The molecule has 0 aliphatic heterocycles. The highest BCUT2D eigenvalue weighted by molar-refractivity contribution is 4.96. The smallest absolute Gasteiger partial charge is 0.0785 e. The summed E-state index contributed by atoms with van der Waals surface area (Å²) in [7, 11) is 1.58. The number of aliphatic hydroxyl groups excluding tert-OH is 1. The van der Waals surface area contributed by atoms with Gasteiger partial charge in [-0.3, -0.25) is 0 Å². The number of nitrogens with one attached hydrogen (secondary N) is 1. The second kappa shape index (κ2) is 8.54. The molecule has 1 unspecified atom stereocenters. The summed E-state index contributed by atoms with van der Waals surface area (Å²) in [6.45, 7) is 3.68. The van der Waals surface area contributed by atoms with Crippen molar-refractivity contribution in [2.75, 3.05) is 26.8 Å². The monoisotopic (exact) mass is 171 g/mol. The van der Waals surface area contributed by atoms with E-state index in [0.717, 1.165) is 6.54 Å². The van der Waals surface area contributed by atoms with Gasteiger partial charge < -0.3 is 15.2 Å². The summed E-state index contributed by atoms with van der Waals surface area (Å²) in [6.07, 6.45) is 0.344. The van der Waals surface area contributed by atoms with Crippen molar-refractivity contribution >= 4 is 0 Å². The Morgan fingerprint density at radius 3 is 2.92 bits per heavy atom. The van der Waals surface area contributed by atoms with Gasteiger partial charge in [-0.1, -0.05) is 5.92 Å². The van der Waals surface area contributed by atoms with E-state index < -0.39 is 0 Å². The number of rotatable bonds is 6. The summed E-state index contributed by atoms with van der Waals surface area (Å²) < 4.78 is 4.78. The molecule has 0 aliphatic rings. The van der Waals surface area contributed by atoms with Gasteiger partial charge in [-0.05, 0) is 19.9 Å². The van der Waals surface area contributed by atoms with E-state index in [9.17, 15) is 5.11 Å². The van der Waals surface area contributed by atoms with Crippen molar-refractivity contribution in [3.63, 3.8) is 0 Å². The van der Waals surface area contributed by atoms with Gasteiger partial charge in [-0.2, -0.15) is 0 Å². The van der Waals surface area contributed by atoms with Crippen LogP contribution < -0.4 is 5.32 Å². The third-order valence-corrected chi connectivity index (χ3v) is 1.40. The summed E-state index contributed by atoms with van der Waals surface area (Å²) in [5.41, 5.74) is 0. The predicted octanol–water partition coefficient (Wildman–Crippen LogP) is -0.00330. The number of hydrogen-bond acceptors (Lipinski definition) is 3. The zero-order valence-corrected chi connectivity index (χ0v) is 7.76. The highest BCUT2D eigenvalue weighted by atomic mass is 16.5. The van der Waals surface area contributed by atoms with E-state index in [-0.39, 0.29) is 6.10 Å². The fourth-order valence-electron chi connectivity index (χ4n) is 0.784. The number of ether oxygens (including phenoxy) is 1. The number of methoxy groups -OCH3 is 1. The molecule has 12 heavy (non-hydrogen) atoms. The summed E-state index contributed by atoms with van der Waals surface area (Å²) in [5.74, 6) is 5.66. The molecule has 0 spiro atoms. The Labute approximate surface area is 74.1 Å². The van der Waals surface area contributed by atoms with E-state index in [1.54, 1.807) is 14.0 Å². The molecule has 0 aromatic carbocycles. The Morgan fingerprint density at radius 1 is 1.58 bits per heavy atom. The lowest BCUT2D eigenvalue weighted by atomic mass is 10.3. The molecule has 0 heterocycles. The minimum atomic E-state index is -0.364. The van der Waals surface area contributed by atoms with Gasteiger partial charge in [0.2, 0.25) is 0 Å². The van der Waals surface area contributed by atoms with E-state index in [0.29, 0.717) is 19.6 Å². The Hall–Kier alpha value is -0.560. The van der Waals surface area contributed by atoms with Crippen molar-refractivity contribution in [2.24, 2.45) is 0 Å². The summed E-state index contributed by atoms with van der Waals surface area (Å²) >= 11 is 0. The van der Waals surface area contributed by atoms with E-state index >= 15 is 0 Å². The molecular weight excluding hydrogens is 154 g/mol. The minimum absolute atomic E-state index is 0.364. The molecule has 0 rings (SSSR count). The minimum Gasteiger partial charge on any atom is -0.391 e. The van der Waals surface area contributed by atoms with E-state index in [4.69, 9.17) is 4.74 Å². The van der Waals surface area contributed by atoms with Gasteiger partial charge in [0.1, 0.15) is 0 Å². The molecular formula is C9H17NO2. The van der Waals surface area contributed by atoms with Crippen LogP contribution in [0.1, 0.15) is 13.3 Å². The maximum absolute atomic E-state index is 9.20. The fraction of sp³-hybridized carbons (Fsp3) is 0.778. The van der Waals surface area contributed by atoms with E-state index in [2.05, 4.69) is 17.2 Å². The molecule has 0 bridgehead atoms. The van der Waals surface area contributed by atoms with Gasteiger partial charge in [-0.25, -0.2) is 0 Å². The fourth-order valence-corrected chi connectivity index (χ4v) is 0.784. The molecule has 0 radical (unpaired) electrons. The van der Waals surface area contributed by atoms with Gasteiger partial charge in [0, 0.05) is 7.11 Å². The van der Waals surface area contributed by atoms with Gasteiger partial charge >= 0.3 is 0 Å². The van der Waals surface area contributed by atoms with Crippen LogP contribution in [0.2, 0.25) is 0 Å². The average Bonchev–Trinajstić information content (AvgIpc) is 2.05. The van der Waals surface area contributed by atoms with Crippen molar-refractivity contribution < 1.29 is 9.84 Å². The lowest BCUT2D eigenvalue weighted by Gasteiger charge is -2.08. The van der Waals surface area contributed by atoms with Crippen LogP contribution in [0.4, 0.5) is 0 Å². The molecule has 0 saturated carbocycles. The highest BCUT2D eigenvalue weighted by Crippen LogP contribution is 1.89. The molecule has 3 heteroatoms. The predicted molar refractivity (Wildman–Crippen MR) is 48.8 cm³/mol. The van der Waals surface area contributed by atoms with Gasteiger partial charge in [-0.15, -0.1) is 5.92 Å². The van der Waals surface area contributed by atoms with Crippen molar-refractivity contribution in [1.82, 2.24) is 5.32 Å². The number of hydrogen-bond donors (Lipinski definition) is 2. The first kappa shape index (κ1) is 11.4. The van der Waals surface area contributed by atoms with E-state index in [1.165, 1.54) is 0 Å². The van der Waals surface area contributed by atoms with Crippen LogP contribution in [0.3, 0.4) is 0 Å². The molecule has 70 valence electrons. The Morgan fingerprint density at radius 2 is 2.33 bits per heavy atom. The molecule has 3 nitrogen and oxygen atoms in total. The Balaban J connectivity index is 3.11. The van der Waals surface area contributed by atoms with Crippen LogP contribution in [0.5, 0.6) is 0 Å². The van der Waals surface area contributed by atoms with Crippen molar-refractivity contribution in [3.05, 3.63) is 0 Å². The van der Waals surface area contributed by atoms with Crippen LogP contribution in [-0.4, -0.2) is 38.0 Å². The maximum Gasteiger partial charge on any atom is 0.0785 e. The van der Waals surface area contributed by atoms with Gasteiger partial charge in [0.05, 0.1) is 19.3 Å². The van der Waals surface area contributed by atoms with Crippen LogP contribution >= 0.6 is 0 Å². The second-order valence-electron chi connectivity index (χ2n) is 2.50. The lowest BCUT2D eigenvalue weighted by Crippen LogP contribution is -2.23. The third-order valence-electron chi connectivity index (χ3n) is 1.40. The summed E-state index contributed by atoms with van der Waals surface area (Å²) in [5, 5.41) is 12.3. The van der Waals surface area contributed by atoms with Crippen LogP contribution in [0.15, 0.2) is 0 Å². The van der Waals surface area contributed by atoms with Gasteiger partial charge in [0.15, 0.2) is 0 Å². The zero-order valence-electron chi connectivity index (χ0n) is 7.76. The largest absolute Gasteiger partial charge is 0.391 e. The van der Waals surface area contributed by atoms with Gasteiger partial charge in [0.25, 0.3) is 0 Å². The molecule has 0 amide bonds. The zero-order chi connectivity index (χ0) is 9.23.